The zero-order valence-corrected chi connectivity index (χ0v) is 20.5. The Hall–Kier alpha value is -5.05. The number of hydrogen-bond donors (Lipinski definition) is 2. The highest BCUT2D eigenvalue weighted by Gasteiger charge is 2.45. The SMILES string of the molecule is COC(=O)Cc1ccc(N2C(=O)C(O)=C(C(=O)c3cc4cccc(OC)c4o3)C2c2cccc(O)c2)cc1. The monoisotopic (exact) mass is 513 g/mol. The number of methoxy groups -OCH3 is 2. The molecule has 2 heterocycles. The van der Waals surface area contributed by atoms with Crippen molar-refractivity contribution in [2.45, 2.75) is 12.5 Å². The van der Waals surface area contributed by atoms with Crippen molar-refractivity contribution in [3.8, 4) is 11.5 Å². The number of furan rings is 1. The summed E-state index contributed by atoms with van der Waals surface area (Å²) in [6, 6.07) is 18.3. The minimum atomic E-state index is -1.07. The summed E-state index contributed by atoms with van der Waals surface area (Å²) in [6.07, 6.45) is 0.0451. The molecule has 4 aromatic rings. The molecule has 1 aliphatic rings. The van der Waals surface area contributed by atoms with Gasteiger partial charge in [0.1, 0.15) is 5.75 Å². The van der Waals surface area contributed by atoms with Gasteiger partial charge >= 0.3 is 5.97 Å². The number of amides is 1. The van der Waals surface area contributed by atoms with E-state index in [1.807, 2.05) is 0 Å². The number of aromatic hydroxyl groups is 1. The Morgan fingerprint density at radius 3 is 2.39 bits per heavy atom. The van der Waals surface area contributed by atoms with E-state index >= 15 is 0 Å². The van der Waals surface area contributed by atoms with Crippen LogP contribution in [-0.4, -0.2) is 42.1 Å². The van der Waals surface area contributed by atoms with Gasteiger partial charge in [-0.3, -0.25) is 19.3 Å². The fourth-order valence-corrected chi connectivity index (χ4v) is 4.57. The molecule has 38 heavy (non-hydrogen) atoms. The van der Waals surface area contributed by atoms with Gasteiger partial charge in [0.2, 0.25) is 5.78 Å². The molecule has 0 saturated heterocycles. The molecule has 0 aliphatic carbocycles. The summed E-state index contributed by atoms with van der Waals surface area (Å²) in [5.41, 5.74) is 1.59. The molecule has 9 heteroatoms. The summed E-state index contributed by atoms with van der Waals surface area (Å²) in [4.78, 5) is 40.1. The first-order valence-corrected chi connectivity index (χ1v) is 11.6. The largest absolute Gasteiger partial charge is 0.508 e. The quantitative estimate of drug-likeness (QED) is 0.270. The van der Waals surface area contributed by atoms with Crippen LogP contribution < -0.4 is 9.64 Å². The Morgan fingerprint density at radius 2 is 1.71 bits per heavy atom. The molecule has 1 unspecified atom stereocenters. The van der Waals surface area contributed by atoms with Gasteiger partial charge in [-0.05, 0) is 47.5 Å². The van der Waals surface area contributed by atoms with Crippen LogP contribution in [0.5, 0.6) is 11.5 Å². The van der Waals surface area contributed by atoms with Crippen LogP contribution >= 0.6 is 0 Å². The second kappa shape index (κ2) is 9.78. The van der Waals surface area contributed by atoms with Gasteiger partial charge in [-0.25, -0.2) is 0 Å². The van der Waals surface area contributed by atoms with Crippen LogP contribution in [0.3, 0.4) is 0 Å². The number of rotatable bonds is 7. The Labute approximate surface area is 217 Å². The van der Waals surface area contributed by atoms with Crippen molar-refractivity contribution < 1.29 is 38.5 Å². The molecule has 1 atom stereocenters. The van der Waals surface area contributed by atoms with Crippen molar-refractivity contribution in [3.63, 3.8) is 0 Å². The summed E-state index contributed by atoms with van der Waals surface area (Å²) in [5, 5.41) is 21.8. The number of phenolic OH excluding ortho intramolecular Hbond substituents is 1. The zero-order chi connectivity index (χ0) is 27.0. The summed E-state index contributed by atoms with van der Waals surface area (Å²) in [7, 11) is 2.78. The fraction of sp³-hybridized carbons (Fsp3) is 0.138. The number of benzene rings is 3. The number of aliphatic hydroxyl groups is 1. The number of carbonyl (C=O) groups excluding carboxylic acids is 3. The van der Waals surface area contributed by atoms with E-state index in [-0.39, 0.29) is 23.5 Å². The molecule has 0 radical (unpaired) electrons. The average Bonchev–Trinajstić information content (AvgIpc) is 3.48. The predicted octanol–water partition coefficient (Wildman–Crippen LogP) is 4.65. The van der Waals surface area contributed by atoms with Gasteiger partial charge in [0.05, 0.1) is 32.3 Å². The number of hydrogen-bond acceptors (Lipinski definition) is 8. The average molecular weight is 514 g/mol. The summed E-state index contributed by atoms with van der Waals surface area (Å²) >= 11 is 0. The maximum Gasteiger partial charge on any atom is 0.309 e. The Morgan fingerprint density at radius 1 is 0.974 bits per heavy atom. The molecule has 3 aromatic carbocycles. The lowest BCUT2D eigenvalue weighted by Gasteiger charge is -2.27. The number of esters is 1. The molecule has 2 N–H and O–H groups in total. The molecule has 1 amide bonds. The number of Topliss-reactive ketones (excluding diaryl/α,β-unsaturated/α-hetero) is 1. The Bertz CT molecular complexity index is 1600. The van der Waals surface area contributed by atoms with E-state index in [0.29, 0.717) is 33.5 Å². The maximum atomic E-state index is 13.8. The van der Waals surface area contributed by atoms with Gasteiger partial charge in [-0.1, -0.05) is 36.4 Å². The normalized spacial score (nSPS) is 15.3. The van der Waals surface area contributed by atoms with Crippen molar-refractivity contribution in [2.24, 2.45) is 0 Å². The van der Waals surface area contributed by atoms with Gasteiger partial charge in [0, 0.05) is 11.1 Å². The molecule has 1 aliphatic heterocycles. The minimum absolute atomic E-state index is 0.0451. The summed E-state index contributed by atoms with van der Waals surface area (Å²) in [6.45, 7) is 0. The highest BCUT2D eigenvalue weighted by atomic mass is 16.5. The third-order valence-electron chi connectivity index (χ3n) is 6.38. The number of anilines is 1. The molecule has 1 aromatic heterocycles. The van der Waals surface area contributed by atoms with Gasteiger partial charge in [-0.2, -0.15) is 0 Å². The molecular weight excluding hydrogens is 490 g/mol. The first-order chi connectivity index (χ1) is 18.3. The lowest BCUT2D eigenvalue weighted by atomic mass is 9.94. The van der Waals surface area contributed by atoms with Crippen molar-refractivity contribution >= 4 is 34.3 Å². The topological polar surface area (TPSA) is 127 Å². The van der Waals surface area contributed by atoms with Crippen LogP contribution in [0.25, 0.3) is 11.0 Å². The first kappa shape index (κ1) is 24.6. The highest BCUT2D eigenvalue weighted by molar-refractivity contribution is 6.20. The number of fused-ring (bicyclic) bond motifs is 1. The molecule has 9 nitrogen and oxygen atoms in total. The number of para-hydroxylation sites is 1. The van der Waals surface area contributed by atoms with E-state index in [1.165, 1.54) is 37.3 Å². The van der Waals surface area contributed by atoms with Crippen LogP contribution in [0.4, 0.5) is 5.69 Å². The molecule has 0 saturated carbocycles. The van der Waals surface area contributed by atoms with Crippen LogP contribution in [0, 0.1) is 0 Å². The van der Waals surface area contributed by atoms with Crippen molar-refractivity contribution in [1.82, 2.24) is 0 Å². The van der Waals surface area contributed by atoms with E-state index in [9.17, 15) is 24.6 Å². The molecule has 0 spiro atoms. The molecule has 192 valence electrons. The lowest BCUT2D eigenvalue weighted by Crippen LogP contribution is -2.31. The van der Waals surface area contributed by atoms with Gasteiger partial charge in [0.25, 0.3) is 5.91 Å². The van der Waals surface area contributed by atoms with Crippen LogP contribution in [0.15, 0.2) is 88.5 Å². The summed E-state index contributed by atoms with van der Waals surface area (Å²) in [5.74, 6) is -2.35. The smallest absolute Gasteiger partial charge is 0.309 e. The fourth-order valence-electron chi connectivity index (χ4n) is 4.57. The van der Waals surface area contributed by atoms with E-state index in [1.54, 1.807) is 54.6 Å². The number of carbonyl (C=O) groups is 3. The van der Waals surface area contributed by atoms with Crippen molar-refractivity contribution in [3.05, 3.63) is 101 Å². The zero-order valence-electron chi connectivity index (χ0n) is 20.5. The maximum absolute atomic E-state index is 13.8. The predicted molar refractivity (Wildman–Crippen MR) is 137 cm³/mol. The number of nitrogens with zero attached hydrogens (tertiary/aromatic N) is 1. The number of ketones is 1. The Kier molecular flexibility index (Phi) is 6.34. The van der Waals surface area contributed by atoms with Crippen LogP contribution in [0.1, 0.15) is 27.7 Å². The van der Waals surface area contributed by atoms with E-state index < -0.39 is 29.5 Å². The van der Waals surface area contributed by atoms with E-state index in [4.69, 9.17) is 13.9 Å². The van der Waals surface area contributed by atoms with Crippen LogP contribution in [0.2, 0.25) is 0 Å². The number of aliphatic hydroxyl groups excluding tert-OH is 1. The number of ether oxygens (including phenoxy) is 2. The third kappa shape index (κ3) is 4.24. The highest BCUT2D eigenvalue weighted by Crippen LogP contribution is 2.43. The third-order valence-corrected chi connectivity index (χ3v) is 6.38. The second-order valence-electron chi connectivity index (χ2n) is 8.67. The Balaban J connectivity index is 1.60. The van der Waals surface area contributed by atoms with Crippen LogP contribution in [-0.2, 0) is 20.7 Å². The van der Waals surface area contributed by atoms with Gasteiger partial charge in [-0.15, -0.1) is 0 Å². The molecule has 5 rings (SSSR count). The van der Waals surface area contributed by atoms with Crippen molar-refractivity contribution in [2.75, 3.05) is 19.1 Å². The lowest BCUT2D eigenvalue weighted by molar-refractivity contribution is -0.139. The first-order valence-electron chi connectivity index (χ1n) is 11.6. The van der Waals surface area contributed by atoms with Crippen molar-refractivity contribution in [1.29, 1.82) is 0 Å². The van der Waals surface area contributed by atoms with E-state index in [2.05, 4.69) is 0 Å². The minimum Gasteiger partial charge on any atom is -0.508 e. The molecule has 0 fully saturated rings. The number of phenols is 1. The van der Waals surface area contributed by atoms with Gasteiger partial charge < -0.3 is 24.1 Å². The van der Waals surface area contributed by atoms with E-state index in [0.717, 1.165) is 0 Å². The molecule has 0 bridgehead atoms. The standard InChI is InChI=1S/C29H23NO8/c1-36-21-8-4-6-18-15-22(38-28(18)21)26(33)24-25(17-5-3-7-20(31)14-17)30(29(35)27(24)34)19-11-9-16(10-12-19)13-23(32)37-2/h3-12,14-15,25,31,34H,13H2,1-2H3. The van der Waals surface area contributed by atoms with Gasteiger partial charge in [0.15, 0.2) is 22.9 Å². The summed E-state index contributed by atoms with van der Waals surface area (Å²) < 4.78 is 15.8. The second-order valence-corrected chi connectivity index (χ2v) is 8.67. The molecular formula is C29H23NO8.